The summed E-state index contributed by atoms with van der Waals surface area (Å²) in [5, 5.41) is 6.30. The average Bonchev–Trinajstić information content (AvgIpc) is 2.29. The van der Waals surface area contributed by atoms with Gasteiger partial charge in [-0.1, -0.05) is 17.7 Å². The molecule has 0 aliphatic heterocycles. The first-order valence-electron chi connectivity index (χ1n) is 5.54. The standard InChI is InChI=1S/C12H16ClN3O2/c1-8(17)16-5-4-15-7-10-3-2-9(12(14)18)6-11(10)13/h2-3,6,15H,4-5,7H2,1H3,(H2,14,18)(H,16,17). The SMILES string of the molecule is CC(=O)NCCNCc1ccc(C(N)=O)cc1Cl. The van der Waals surface area contributed by atoms with E-state index in [-0.39, 0.29) is 5.91 Å². The average molecular weight is 270 g/mol. The van der Waals surface area contributed by atoms with Crippen LogP contribution in [0.5, 0.6) is 0 Å². The highest BCUT2D eigenvalue weighted by Crippen LogP contribution is 2.17. The molecule has 5 nitrogen and oxygen atoms in total. The molecule has 0 unspecified atom stereocenters. The Bertz CT molecular complexity index is 449. The van der Waals surface area contributed by atoms with E-state index in [0.29, 0.717) is 30.2 Å². The first-order valence-corrected chi connectivity index (χ1v) is 5.92. The summed E-state index contributed by atoms with van der Waals surface area (Å²) < 4.78 is 0. The van der Waals surface area contributed by atoms with Gasteiger partial charge in [-0.25, -0.2) is 0 Å². The molecule has 0 aromatic heterocycles. The minimum Gasteiger partial charge on any atom is -0.366 e. The van der Waals surface area contributed by atoms with Crippen molar-refractivity contribution in [3.8, 4) is 0 Å². The van der Waals surface area contributed by atoms with E-state index in [9.17, 15) is 9.59 Å². The molecule has 18 heavy (non-hydrogen) atoms. The highest BCUT2D eigenvalue weighted by molar-refractivity contribution is 6.31. The van der Waals surface area contributed by atoms with Gasteiger partial charge in [-0.05, 0) is 17.7 Å². The Morgan fingerprint density at radius 3 is 2.61 bits per heavy atom. The lowest BCUT2D eigenvalue weighted by Gasteiger charge is -2.08. The van der Waals surface area contributed by atoms with Crippen LogP contribution in [0.15, 0.2) is 18.2 Å². The lowest BCUT2D eigenvalue weighted by molar-refractivity contribution is -0.118. The van der Waals surface area contributed by atoms with E-state index in [1.54, 1.807) is 18.2 Å². The maximum atomic E-state index is 10.9. The molecule has 6 heteroatoms. The molecule has 1 rings (SSSR count). The van der Waals surface area contributed by atoms with Gasteiger partial charge in [0.1, 0.15) is 0 Å². The van der Waals surface area contributed by atoms with Crippen molar-refractivity contribution in [3.63, 3.8) is 0 Å². The van der Waals surface area contributed by atoms with Crippen molar-refractivity contribution >= 4 is 23.4 Å². The molecule has 0 bridgehead atoms. The van der Waals surface area contributed by atoms with Crippen LogP contribution in [-0.4, -0.2) is 24.9 Å². The second-order valence-corrected chi connectivity index (χ2v) is 4.24. The van der Waals surface area contributed by atoms with Crippen molar-refractivity contribution in [3.05, 3.63) is 34.3 Å². The first-order chi connectivity index (χ1) is 8.50. The molecule has 98 valence electrons. The fourth-order valence-corrected chi connectivity index (χ4v) is 1.64. The molecule has 1 aromatic rings. The molecule has 1 aromatic carbocycles. The zero-order valence-corrected chi connectivity index (χ0v) is 10.9. The maximum Gasteiger partial charge on any atom is 0.248 e. The zero-order chi connectivity index (χ0) is 13.5. The van der Waals surface area contributed by atoms with Crippen LogP contribution in [0.3, 0.4) is 0 Å². The Balaban J connectivity index is 2.43. The lowest BCUT2D eigenvalue weighted by Crippen LogP contribution is -2.29. The second kappa shape index (κ2) is 6.98. The molecule has 0 atom stereocenters. The molecule has 0 saturated heterocycles. The van der Waals surface area contributed by atoms with Crippen LogP contribution in [0, 0.1) is 0 Å². The topological polar surface area (TPSA) is 84.2 Å². The number of nitrogens with two attached hydrogens (primary N) is 1. The van der Waals surface area contributed by atoms with Crippen LogP contribution in [0.25, 0.3) is 0 Å². The molecule has 0 fully saturated rings. The number of hydrogen-bond acceptors (Lipinski definition) is 3. The molecule has 0 saturated carbocycles. The van der Waals surface area contributed by atoms with Gasteiger partial charge in [-0.3, -0.25) is 9.59 Å². The number of halogens is 1. The Hall–Kier alpha value is -1.59. The number of amides is 2. The van der Waals surface area contributed by atoms with Gasteiger partial charge in [0.2, 0.25) is 11.8 Å². The molecule has 2 amide bonds. The molecule has 4 N–H and O–H groups in total. The minimum atomic E-state index is -0.498. The molecule has 0 radical (unpaired) electrons. The van der Waals surface area contributed by atoms with Crippen molar-refractivity contribution in [2.24, 2.45) is 5.73 Å². The van der Waals surface area contributed by atoms with Crippen molar-refractivity contribution in [2.45, 2.75) is 13.5 Å². The van der Waals surface area contributed by atoms with E-state index in [4.69, 9.17) is 17.3 Å². The summed E-state index contributed by atoms with van der Waals surface area (Å²) >= 11 is 6.02. The quantitative estimate of drug-likeness (QED) is 0.664. The van der Waals surface area contributed by atoms with Crippen molar-refractivity contribution in [2.75, 3.05) is 13.1 Å². The molecule has 0 aliphatic rings. The predicted molar refractivity (Wildman–Crippen MR) is 70.4 cm³/mol. The van der Waals surface area contributed by atoms with E-state index in [2.05, 4.69) is 10.6 Å². The highest BCUT2D eigenvalue weighted by Gasteiger charge is 2.05. The lowest BCUT2D eigenvalue weighted by atomic mass is 10.1. The number of carbonyl (C=O) groups is 2. The van der Waals surface area contributed by atoms with Crippen LogP contribution in [0.4, 0.5) is 0 Å². The highest BCUT2D eigenvalue weighted by atomic mass is 35.5. The van der Waals surface area contributed by atoms with E-state index in [1.807, 2.05) is 0 Å². The summed E-state index contributed by atoms with van der Waals surface area (Å²) in [6, 6.07) is 4.95. The van der Waals surface area contributed by atoms with Gasteiger partial charge in [0.15, 0.2) is 0 Å². The fraction of sp³-hybridized carbons (Fsp3) is 0.333. The van der Waals surface area contributed by atoms with E-state index >= 15 is 0 Å². The summed E-state index contributed by atoms with van der Waals surface area (Å²) in [6.45, 7) is 3.25. The normalized spacial score (nSPS) is 10.1. The third kappa shape index (κ3) is 4.73. The maximum absolute atomic E-state index is 10.9. The van der Waals surface area contributed by atoms with Gasteiger partial charge in [0.25, 0.3) is 0 Å². The summed E-state index contributed by atoms with van der Waals surface area (Å²) in [5.74, 6) is -0.553. The van der Waals surface area contributed by atoms with Gasteiger partial charge in [-0.2, -0.15) is 0 Å². The van der Waals surface area contributed by atoms with Crippen molar-refractivity contribution < 1.29 is 9.59 Å². The van der Waals surface area contributed by atoms with Crippen molar-refractivity contribution in [1.29, 1.82) is 0 Å². The number of rotatable bonds is 6. The monoisotopic (exact) mass is 269 g/mol. The number of primary amides is 1. The number of benzene rings is 1. The van der Waals surface area contributed by atoms with Gasteiger partial charge in [0, 0.05) is 37.1 Å². The molecule has 0 heterocycles. The number of nitrogens with one attached hydrogen (secondary N) is 2. The Morgan fingerprint density at radius 2 is 2.06 bits per heavy atom. The summed E-state index contributed by atoms with van der Waals surface area (Å²) in [5.41, 5.74) is 6.42. The summed E-state index contributed by atoms with van der Waals surface area (Å²) in [7, 11) is 0. The van der Waals surface area contributed by atoms with Crippen molar-refractivity contribution in [1.82, 2.24) is 10.6 Å². The molecular formula is C12H16ClN3O2. The Labute approximate surface area is 111 Å². The van der Waals surface area contributed by atoms with Gasteiger partial charge < -0.3 is 16.4 Å². The minimum absolute atomic E-state index is 0.0550. The van der Waals surface area contributed by atoms with E-state index in [0.717, 1.165) is 5.56 Å². The third-order valence-corrected chi connectivity index (χ3v) is 2.68. The number of carbonyl (C=O) groups excluding carboxylic acids is 2. The van der Waals surface area contributed by atoms with Gasteiger partial charge in [0.05, 0.1) is 0 Å². The smallest absolute Gasteiger partial charge is 0.248 e. The van der Waals surface area contributed by atoms with Crippen LogP contribution in [-0.2, 0) is 11.3 Å². The largest absolute Gasteiger partial charge is 0.366 e. The van der Waals surface area contributed by atoms with Crippen LogP contribution in [0.1, 0.15) is 22.8 Å². The van der Waals surface area contributed by atoms with E-state index < -0.39 is 5.91 Å². The van der Waals surface area contributed by atoms with Gasteiger partial charge >= 0.3 is 0 Å². The van der Waals surface area contributed by atoms with Crippen LogP contribution >= 0.6 is 11.6 Å². The fourth-order valence-electron chi connectivity index (χ4n) is 1.39. The van der Waals surface area contributed by atoms with E-state index in [1.165, 1.54) is 6.92 Å². The van der Waals surface area contributed by atoms with Crippen LogP contribution < -0.4 is 16.4 Å². The summed E-state index contributed by atoms with van der Waals surface area (Å²) in [6.07, 6.45) is 0. The zero-order valence-electron chi connectivity index (χ0n) is 10.1. The molecule has 0 spiro atoms. The second-order valence-electron chi connectivity index (χ2n) is 3.83. The first kappa shape index (κ1) is 14.5. The summed E-state index contributed by atoms with van der Waals surface area (Å²) in [4.78, 5) is 21.6. The third-order valence-electron chi connectivity index (χ3n) is 2.33. The number of hydrogen-bond donors (Lipinski definition) is 3. The van der Waals surface area contributed by atoms with Gasteiger partial charge in [-0.15, -0.1) is 0 Å². The Morgan fingerprint density at radius 1 is 1.33 bits per heavy atom. The Kier molecular flexibility index (Phi) is 5.61. The molecular weight excluding hydrogens is 254 g/mol. The van der Waals surface area contributed by atoms with Crippen LogP contribution in [0.2, 0.25) is 5.02 Å². The predicted octanol–water partition coefficient (Wildman–Crippen LogP) is 0.665. The molecule has 0 aliphatic carbocycles.